The summed E-state index contributed by atoms with van der Waals surface area (Å²) in [6, 6.07) is 0. The lowest BCUT2D eigenvalue weighted by molar-refractivity contribution is -0.148. The predicted molar refractivity (Wildman–Crippen MR) is 138 cm³/mol. The molecule has 0 radical (unpaired) electrons. The van der Waals surface area contributed by atoms with Crippen LogP contribution in [0.2, 0.25) is 0 Å². The fraction of sp³-hybridized carbons (Fsp3) is 0.889. The minimum atomic E-state index is -0.777. The smallest absolute Gasteiger partial charge is 0.306 e. The Balaban J connectivity index is 5.07. The molecule has 1 amide bonds. The number of hydrogen-bond acceptors (Lipinski definition) is 5. The number of rotatable bonds is 14. The molecule has 0 aliphatic rings. The summed E-state index contributed by atoms with van der Waals surface area (Å²) >= 11 is 0. The lowest BCUT2D eigenvalue weighted by atomic mass is 9.71. The van der Waals surface area contributed by atoms with Crippen LogP contribution >= 0.6 is 0 Å². The van der Waals surface area contributed by atoms with E-state index in [1.165, 1.54) is 0 Å². The number of esters is 1. The molecule has 1 N–H and O–H groups in total. The van der Waals surface area contributed by atoms with Gasteiger partial charge in [0, 0.05) is 19.5 Å². The first-order valence-corrected chi connectivity index (χ1v) is 12.7. The molecule has 0 bridgehead atoms. The Morgan fingerprint density at radius 3 is 1.85 bits per heavy atom. The van der Waals surface area contributed by atoms with Gasteiger partial charge in [-0.3, -0.25) is 19.3 Å². The lowest BCUT2D eigenvalue weighted by Crippen LogP contribution is -2.55. The van der Waals surface area contributed by atoms with Crippen LogP contribution in [0.3, 0.4) is 0 Å². The second-order valence-electron chi connectivity index (χ2n) is 12.3. The average Bonchev–Trinajstić information content (AvgIpc) is 2.69. The number of aliphatic carboxylic acids is 1. The van der Waals surface area contributed by atoms with Crippen LogP contribution in [0.15, 0.2) is 0 Å². The molecule has 0 aromatic carbocycles. The zero-order valence-electron chi connectivity index (χ0n) is 23.8. The molecule has 0 aromatic heterocycles. The van der Waals surface area contributed by atoms with Gasteiger partial charge >= 0.3 is 11.9 Å². The molecule has 34 heavy (non-hydrogen) atoms. The van der Waals surface area contributed by atoms with Crippen molar-refractivity contribution < 1.29 is 24.2 Å². The van der Waals surface area contributed by atoms with Gasteiger partial charge in [-0.15, -0.1) is 0 Å². The number of carbonyl (C=O) groups is 3. The lowest BCUT2D eigenvalue weighted by Gasteiger charge is -2.38. The van der Waals surface area contributed by atoms with Crippen LogP contribution in [0.5, 0.6) is 0 Å². The van der Waals surface area contributed by atoms with Gasteiger partial charge in [0.15, 0.2) is 0 Å². The highest BCUT2D eigenvalue weighted by atomic mass is 16.5. The van der Waals surface area contributed by atoms with Crippen molar-refractivity contribution in [3.63, 3.8) is 0 Å². The number of carboxylic acids is 1. The number of hydrogen-bond donors (Lipinski definition) is 1. The summed E-state index contributed by atoms with van der Waals surface area (Å²) in [5.74, 6) is -1.38. The van der Waals surface area contributed by atoms with Gasteiger partial charge in [-0.2, -0.15) is 0 Å². The second kappa shape index (κ2) is 13.5. The fourth-order valence-corrected chi connectivity index (χ4v) is 4.36. The van der Waals surface area contributed by atoms with Gasteiger partial charge in [-0.05, 0) is 77.3 Å². The van der Waals surface area contributed by atoms with E-state index in [2.05, 4.69) is 41.5 Å². The van der Waals surface area contributed by atoms with Crippen molar-refractivity contribution in [1.29, 1.82) is 0 Å². The average molecular weight is 485 g/mol. The van der Waals surface area contributed by atoms with Gasteiger partial charge in [0.05, 0.1) is 18.1 Å². The third kappa shape index (κ3) is 10.7. The van der Waals surface area contributed by atoms with E-state index in [4.69, 9.17) is 4.74 Å². The Labute approximate surface area is 208 Å². The highest BCUT2D eigenvalue weighted by Gasteiger charge is 2.38. The molecule has 0 rings (SSSR count). The van der Waals surface area contributed by atoms with E-state index in [1.54, 1.807) is 4.90 Å². The van der Waals surface area contributed by atoms with Crippen molar-refractivity contribution in [1.82, 2.24) is 9.80 Å². The van der Waals surface area contributed by atoms with E-state index >= 15 is 0 Å². The Bertz CT molecular complexity index is 659. The number of carbonyl (C=O) groups excluding carboxylic acids is 2. The number of ether oxygens (including phenoxy) is 1. The van der Waals surface area contributed by atoms with Crippen LogP contribution < -0.4 is 0 Å². The maximum atomic E-state index is 13.0. The minimum absolute atomic E-state index is 0.0154. The molecule has 0 spiro atoms. The van der Waals surface area contributed by atoms with Crippen LogP contribution in [-0.4, -0.2) is 72.1 Å². The topological polar surface area (TPSA) is 87.1 Å². The number of amides is 1. The van der Waals surface area contributed by atoms with Crippen molar-refractivity contribution in [2.75, 3.05) is 33.8 Å². The van der Waals surface area contributed by atoms with Gasteiger partial charge in [0.1, 0.15) is 0 Å². The Hall–Kier alpha value is -1.63. The van der Waals surface area contributed by atoms with Crippen LogP contribution in [0.25, 0.3) is 0 Å². The Morgan fingerprint density at radius 1 is 0.941 bits per heavy atom. The molecule has 0 aliphatic heterocycles. The van der Waals surface area contributed by atoms with Gasteiger partial charge in [-0.25, -0.2) is 0 Å². The quantitative estimate of drug-likeness (QED) is 0.346. The van der Waals surface area contributed by atoms with Gasteiger partial charge in [0.25, 0.3) is 0 Å². The van der Waals surface area contributed by atoms with Crippen molar-refractivity contribution >= 4 is 17.8 Å². The third-order valence-corrected chi connectivity index (χ3v) is 7.05. The Kier molecular flexibility index (Phi) is 12.8. The van der Waals surface area contributed by atoms with Crippen molar-refractivity contribution in [3.05, 3.63) is 0 Å². The summed E-state index contributed by atoms with van der Waals surface area (Å²) in [6.07, 6.45) is 2.32. The predicted octanol–water partition coefficient (Wildman–Crippen LogP) is 5.08. The maximum Gasteiger partial charge on any atom is 0.306 e. The van der Waals surface area contributed by atoms with Gasteiger partial charge in [-0.1, -0.05) is 41.5 Å². The molecule has 0 aliphatic carbocycles. The van der Waals surface area contributed by atoms with E-state index in [0.717, 1.165) is 0 Å². The summed E-state index contributed by atoms with van der Waals surface area (Å²) in [6.45, 7) is 19.8. The van der Waals surface area contributed by atoms with Crippen molar-refractivity contribution in [3.8, 4) is 0 Å². The fourth-order valence-electron chi connectivity index (χ4n) is 4.36. The third-order valence-electron chi connectivity index (χ3n) is 7.05. The summed E-state index contributed by atoms with van der Waals surface area (Å²) in [4.78, 5) is 41.1. The van der Waals surface area contributed by atoms with Crippen molar-refractivity contribution in [2.45, 2.75) is 100.0 Å². The van der Waals surface area contributed by atoms with Crippen LogP contribution in [0, 0.1) is 22.7 Å². The summed E-state index contributed by atoms with van der Waals surface area (Å²) in [7, 11) is 3.72. The Morgan fingerprint density at radius 2 is 1.47 bits per heavy atom. The normalized spacial score (nSPS) is 16.0. The SMILES string of the molecule is CCN(CC)C(=O)C(C)(CCC(=O)OCCC(CC(CC(C)(C)C)C(=O)O)C(C)(C)C)N(C)C. The molecular formula is C27H52N2O5. The monoisotopic (exact) mass is 484 g/mol. The first-order chi connectivity index (χ1) is 15.4. The van der Waals surface area contributed by atoms with E-state index in [0.29, 0.717) is 38.8 Å². The van der Waals surface area contributed by atoms with Gasteiger partial charge in [0.2, 0.25) is 5.91 Å². The zero-order valence-corrected chi connectivity index (χ0v) is 23.8. The molecule has 0 fully saturated rings. The zero-order chi connectivity index (χ0) is 26.9. The van der Waals surface area contributed by atoms with E-state index < -0.39 is 17.4 Å². The molecule has 7 nitrogen and oxygen atoms in total. The molecule has 0 saturated carbocycles. The molecule has 200 valence electrons. The summed E-state index contributed by atoms with van der Waals surface area (Å²) in [5.41, 5.74) is -0.946. The van der Waals surface area contributed by atoms with E-state index in [1.807, 2.05) is 39.8 Å². The summed E-state index contributed by atoms with van der Waals surface area (Å²) < 4.78 is 5.55. The molecule has 0 heterocycles. The van der Waals surface area contributed by atoms with Gasteiger partial charge < -0.3 is 14.7 Å². The summed E-state index contributed by atoms with van der Waals surface area (Å²) in [5, 5.41) is 9.76. The van der Waals surface area contributed by atoms with Crippen LogP contribution in [0.1, 0.15) is 94.4 Å². The van der Waals surface area contributed by atoms with Crippen LogP contribution in [-0.2, 0) is 19.1 Å². The molecule has 0 aromatic rings. The number of likely N-dealkylation sites (N-methyl/N-ethyl adjacent to an activating group) is 2. The highest BCUT2D eigenvalue weighted by Crippen LogP contribution is 2.37. The second-order valence-corrected chi connectivity index (χ2v) is 12.3. The molecular weight excluding hydrogens is 432 g/mol. The first-order valence-electron chi connectivity index (χ1n) is 12.7. The van der Waals surface area contributed by atoms with E-state index in [-0.39, 0.29) is 41.7 Å². The highest BCUT2D eigenvalue weighted by molar-refractivity contribution is 5.86. The standard InChI is InChI=1S/C27H52N2O5/c1-12-29(13-2)24(33)27(9,28(10)11)16-14-22(30)34-17-15-21(26(6,7)8)18-20(23(31)32)19-25(3,4)5/h20-21H,12-19H2,1-11H3,(H,31,32). The maximum absolute atomic E-state index is 13.0. The minimum Gasteiger partial charge on any atom is -0.481 e. The first kappa shape index (κ1) is 32.4. The number of nitrogens with zero attached hydrogens (tertiary/aromatic N) is 2. The largest absolute Gasteiger partial charge is 0.481 e. The molecule has 7 heteroatoms. The molecule has 3 atom stereocenters. The van der Waals surface area contributed by atoms with Crippen molar-refractivity contribution in [2.24, 2.45) is 22.7 Å². The van der Waals surface area contributed by atoms with E-state index in [9.17, 15) is 19.5 Å². The molecule has 0 saturated heterocycles. The van der Waals surface area contributed by atoms with Crippen LogP contribution in [0.4, 0.5) is 0 Å². The molecule has 3 unspecified atom stereocenters. The number of carboxylic acid groups (broad SMARTS) is 1.